The molecular formula is C12H14N3O5+. The van der Waals surface area contributed by atoms with E-state index < -0.39 is 5.63 Å². The summed E-state index contributed by atoms with van der Waals surface area (Å²) in [4.78, 5) is 22.6. The summed E-state index contributed by atoms with van der Waals surface area (Å²) in [6.07, 6.45) is 1.14. The first-order valence-corrected chi connectivity index (χ1v) is 5.72. The van der Waals surface area contributed by atoms with Crippen LogP contribution >= 0.6 is 0 Å². The van der Waals surface area contributed by atoms with Crippen LogP contribution in [0.3, 0.4) is 0 Å². The van der Waals surface area contributed by atoms with Gasteiger partial charge in [0.2, 0.25) is 0 Å². The lowest BCUT2D eigenvalue weighted by molar-refractivity contribution is -0.750. The van der Waals surface area contributed by atoms with E-state index in [-0.39, 0.29) is 12.5 Å². The van der Waals surface area contributed by atoms with Gasteiger partial charge in [-0.15, -0.1) is 0 Å². The monoisotopic (exact) mass is 280 g/mol. The van der Waals surface area contributed by atoms with Gasteiger partial charge in [0.15, 0.2) is 0 Å². The van der Waals surface area contributed by atoms with Crippen molar-refractivity contribution in [3.05, 3.63) is 34.8 Å². The van der Waals surface area contributed by atoms with Gasteiger partial charge in [-0.05, 0) is 17.4 Å². The number of anilines is 1. The molecule has 0 aliphatic carbocycles. The Morgan fingerprint density at radius 3 is 2.80 bits per heavy atom. The van der Waals surface area contributed by atoms with Crippen LogP contribution in [0, 0.1) is 0 Å². The molecule has 1 aromatic heterocycles. The average molecular weight is 280 g/mol. The third-order valence-electron chi connectivity index (χ3n) is 2.52. The van der Waals surface area contributed by atoms with E-state index in [2.05, 4.69) is 15.1 Å². The second-order valence-electron chi connectivity index (χ2n) is 3.88. The highest BCUT2D eigenvalue weighted by atomic mass is 16.5. The zero-order chi connectivity index (χ0) is 14.5. The van der Waals surface area contributed by atoms with Gasteiger partial charge in [0.05, 0.1) is 19.9 Å². The number of hydrogen-bond acceptors (Lipinski definition) is 5. The molecule has 2 rings (SSSR count). The van der Waals surface area contributed by atoms with Crippen molar-refractivity contribution in [1.82, 2.24) is 5.27 Å². The second kappa shape index (κ2) is 5.91. The van der Waals surface area contributed by atoms with Crippen molar-refractivity contribution >= 4 is 11.6 Å². The Kier molecular flexibility index (Phi) is 4.04. The van der Waals surface area contributed by atoms with E-state index in [0.29, 0.717) is 17.2 Å². The number of nitrogens with zero attached hydrogens (tertiary/aromatic N) is 1. The Morgan fingerprint density at radius 1 is 1.40 bits per heavy atom. The molecule has 0 aliphatic heterocycles. The average Bonchev–Trinajstić information content (AvgIpc) is 2.84. The zero-order valence-electron chi connectivity index (χ0n) is 11.0. The normalized spacial score (nSPS) is 10.1. The predicted molar refractivity (Wildman–Crippen MR) is 67.7 cm³/mol. The third-order valence-corrected chi connectivity index (χ3v) is 2.52. The molecule has 0 aliphatic rings. The number of H-pyrrole nitrogens is 1. The molecule has 0 atom stereocenters. The van der Waals surface area contributed by atoms with Gasteiger partial charge in [-0.3, -0.25) is 9.32 Å². The maximum atomic E-state index is 11.8. The van der Waals surface area contributed by atoms with Crippen molar-refractivity contribution in [2.75, 3.05) is 19.5 Å². The van der Waals surface area contributed by atoms with Crippen LogP contribution in [0.25, 0.3) is 0 Å². The summed E-state index contributed by atoms with van der Waals surface area (Å²) in [5, 5.41) is 4.95. The minimum atomic E-state index is -0.556. The molecule has 0 radical (unpaired) electrons. The minimum absolute atomic E-state index is 0.0824. The summed E-state index contributed by atoms with van der Waals surface area (Å²) in [6.45, 7) is -0.0824. The van der Waals surface area contributed by atoms with Gasteiger partial charge in [0.1, 0.15) is 11.5 Å². The topological polar surface area (TPSA) is 97.4 Å². The first-order valence-electron chi connectivity index (χ1n) is 5.72. The number of rotatable bonds is 5. The fourth-order valence-electron chi connectivity index (χ4n) is 1.61. The predicted octanol–water partition coefficient (Wildman–Crippen LogP) is -0.0887. The molecule has 2 aromatic rings. The smallest absolute Gasteiger partial charge is 0.426 e. The number of ether oxygens (including phenoxy) is 2. The van der Waals surface area contributed by atoms with E-state index >= 15 is 0 Å². The SMILES string of the molecule is COc1ccc(NC(=O)C[n+]2cc(=O)o[nH]2)c(OC)c1. The van der Waals surface area contributed by atoms with Gasteiger partial charge < -0.3 is 14.8 Å². The second-order valence-corrected chi connectivity index (χ2v) is 3.88. The number of aromatic nitrogens is 2. The molecule has 8 heteroatoms. The number of aromatic amines is 1. The lowest BCUT2D eigenvalue weighted by Crippen LogP contribution is -2.41. The van der Waals surface area contributed by atoms with Gasteiger partial charge in [-0.25, -0.2) is 4.79 Å². The molecule has 0 saturated carbocycles. The molecule has 0 bridgehead atoms. The molecular weight excluding hydrogens is 266 g/mol. The summed E-state index contributed by atoms with van der Waals surface area (Å²) < 4.78 is 15.9. The van der Waals surface area contributed by atoms with Crippen molar-refractivity contribution in [2.24, 2.45) is 0 Å². The number of methoxy groups -OCH3 is 2. The minimum Gasteiger partial charge on any atom is -0.497 e. The van der Waals surface area contributed by atoms with E-state index in [1.54, 1.807) is 25.3 Å². The van der Waals surface area contributed by atoms with Crippen LogP contribution < -0.4 is 25.1 Å². The standard InChI is InChI=1S/C12H13N3O5/c1-18-8-3-4-9(10(5-8)19-2)13-11(16)6-15-7-12(17)20-14-15/h3-5,7H,6H2,1-2H3,(H-,13,14,16,17)/p+1. The highest BCUT2D eigenvalue weighted by Gasteiger charge is 2.15. The molecule has 8 nitrogen and oxygen atoms in total. The Bertz CT molecular complexity index is 661. The van der Waals surface area contributed by atoms with Crippen LogP contribution in [-0.2, 0) is 11.3 Å². The fraction of sp³-hybridized carbons (Fsp3) is 0.250. The van der Waals surface area contributed by atoms with Gasteiger partial charge in [0, 0.05) is 6.07 Å². The van der Waals surface area contributed by atoms with Gasteiger partial charge >= 0.3 is 5.63 Å². The Morgan fingerprint density at radius 2 is 2.20 bits per heavy atom. The van der Waals surface area contributed by atoms with Gasteiger partial charge in [-0.1, -0.05) is 4.68 Å². The largest absolute Gasteiger partial charge is 0.497 e. The molecule has 2 N–H and O–H groups in total. The zero-order valence-corrected chi connectivity index (χ0v) is 11.0. The van der Waals surface area contributed by atoms with Crippen LogP contribution in [-0.4, -0.2) is 25.4 Å². The molecule has 0 unspecified atom stereocenters. The number of amides is 1. The molecule has 1 aromatic carbocycles. The van der Waals surface area contributed by atoms with Crippen molar-refractivity contribution in [3.63, 3.8) is 0 Å². The van der Waals surface area contributed by atoms with Crippen molar-refractivity contribution < 1.29 is 23.5 Å². The van der Waals surface area contributed by atoms with Crippen LogP contribution in [0.4, 0.5) is 5.69 Å². The van der Waals surface area contributed by atoms with E-state index in [4.69, 9.17) is 9.47 Å². The first-order chi connectivity index (χ1) is 9.62. The van der Waals surface area contributed by atoms with Gasteiger partial charge in [-0.2, -0.15) is 0 Å². The highest BCUT2D eigenvalue weighted by molar-refractivity contribution is 5.91. The number of carbonyl (C=O) groups is 1. The fourth-order valence-corrected chi connectivity index (χ4v) is 1.61. The number of hydrogen-bond donors (Lipinski definition) is 2. The van der Waals surface area contributed by atoms with Crippen LogP contribution in [0.15, 0.2) is 33.7 Å². The molecule has 20 heavy (non-hydrogen) atoms. The summed E-state index contributed by atoms with van der Waals surface area (Å²) in [5.41, 5.74) is -0.0513. The maximum Gasteiger partial charge on any atom is 0.426 e. The third kappa shape index (κ3) is 3.16. The lowest BCUT2D eigenvalue weighted by Gasteiger charge is -2.10. The number of nitrogens with one attached hydrogen (secondary N) is 2. The summed E-state index contributed by atoms with van der Waals surface area (Å²) in [6, 6.07) is 5.02. The molecule has 1 amide bonds. The molecule has 0 spiro atoms. The Labute approximate surface area is 113 Å². The van der Waals surface area contributed by atoms with E-state index in [9.17, 15) is 9.59 Å². The van der Waals surface area contributed by atoms with Crippen LogP contribution in [0.2, 0.25) is 0 Å². The maximum absolute atomic E-state index is 11.8. The van der Waals surface area contributed by atoms with E-state index in [0.717, 1.165) is 6.20 Å². The summed E-state index contributed by atoms with van der Waals surface area (Å²) in [7, 11) is 3.03. The van der Waals surface area contributed by atoms with Crippen molar-refractivity contribution in [3.8, 4) is 11.5 Å². The van der Waals surface area contributed by atoms with Crippen LogP contribution in [0.1, 0.15) is 0 Å². The molecule has 1 heterocycles. The highest BCUT2D eigenvalue weighted by Crippen LogP contribution is 2.28. The number of benzene rings is 1. The first kappa shape index (κ1) is 13.7. The van der Waals surface area contributed by atoms with Crippen LogP contribution in [0.5, 0.6) is 11.5 Å². The van der Waals surface area contributed by atoms with Crippen molar-refractivity contribution in [2.45, 2.75) is 6.54 Å². The molecule has 0 saturated heterocycles. The summed E-state index contributed by atoms with van der Waals surface area (Å²) >= 11 is 0. The summed E-state index contributed by atoms with van der Waals surface area (Å²) in [5.74, 6) is 0.757. The Balaban J connectivity index is 2.09. The quantitative estimate of drug-likeness (QED) is 0.746. The Hall–Kier alpha value is -2.77. The lowest BCUT2D eigenvalue weighted by atomic mass is 10.2. The van der Waals surface area contributed by atoms with Crippen molar-refractivity contribution in [1.29, 1.82) is 0 Å². The molecule has 0 fully saturated rings. The van der Waals surface area contributed by atoms with E-state index in [1.807, 2.05) is 0 Å². The number of carbonyl (C=O) groups excluding carboxylic acids is 1. The molecule has 106 valence electrons. The van der Waals surface area contributed by atoms with E-state index in [1.165, 1.54) is 11.8 Å². The van der Waals surface area contributed by atoms with Gasteiger partial charge in [0.25, 0.3) is 18.6 Å².